The van der Waals surface area contributed by atoms with Crippen molar-refractivity contribution in [2.75, 3.05) is 13.2 Å². The van der Waals surface area contributed by atoms with E-state index < -0.39 is 23.3 Å². The van der Waals surface area contributed by atoms with Crippen molar-refractivity contribution in [3.63, 3.8) is 0 Å². The topological polar surface area (TPSA) is 120 Å². The molecule has 0 aliphatic heterocycles. The summed E-state index contributed by atoms with van der Waals surface area (Å²) in [6.07, 6.45) is 0. The van der Waals surface area contributed by atoms with Gasteiger partial charge in [0, 0.05) is 6.07 Å². The van der Waals surface area contributed by atoms with E-state index in [0.29, 0.717) is 5.75 Å². The van der Waals surface area contributed by atoms with Gasteiger partial charge in [-0.2, -0.15) is 0 Å². The van der Waals surface area contributed by atoms with E-state index in [1.807, 2.05) is 30.3 Å². The average Bonchev–Trinajstić information content (AvgIpc) is 2.76. The highest BCUT2D eigenvalue weighted by atomic mass is 79.9. The smallest absolute Gasteiger partial charge is 0.310 e. The molecule has 0 radical (unpaired) electrons. The maximum Gasteiger partial charge on any atom is 0.310 e. The van der Waals surface area contributed by atoms with Crippen LogP contribution in [0.15, 0.2) is 65.1 Å². The molecule has 0 fully saturated rings. The Labute approximate surface area is 179 Å². The Balaban J connectivity index is 1.46. The molecule has 30 heavy (non-hydrogen) atoms. The summed E-state index contributed by atoms with van der Waals surface area (Å²) in [5, 5.41) is 12.9. The molecule has 2 N–H and O–H groups in total. The summed E-state index contributed by atoms with van der Waals surface area (Å²) in [5.74, 6) is -0.842. The molecule has 2 amide bonds. The van der Waals surface area contributed by atoms with E-state index in [2.05, 4.69) is 26.8 Å². The molecule has 0 bridgehead atoms. The number of hydrazine groups is 1. The minimum Gasteiger partial charge on any atom is -0.483 e. The fourth-order valence-electron chi connectivity index (χ4n) is 2.55. The molecule has 0 saturated heterocycles. The Morgan fingerprint density at radius 3 is 2.17 bits per heavy atom. The first-order chi connectivity index (χ1) is 14.5. The van der Waals surface area contributed by atoms with Crippen LogP contribution in [0.4, 0.5) is 5.69 Å². The Morgan fingerprint density at radius 2 is 1.47 bits per heavy atom. The largest absolute Gasteiger partial charge is 0.483 e. The van der Waals surface area contributed by atoms with Gasteiger partial charge in [0.1, 0.15) is 5.75 Å². The van der Waals surface area contributed by atoms with Crippen LogP contribution >= 0.6 is 15.9 Å². The van der Waals surface area contributed by atoms with E-state index in [0.717, 1.165) is 15.2 Å². The third-order valence-electron chi connectivity index (χ3n) is 3.95. The minimum absolute atomic E-state index is 0.0477. The number of hydrogen-bond acceptors (Lipinski definition) is 6. The van der Waals surface area contributed by atoms with Crippen LogP contribution in [0.25, 0.3) is 10.8 Å². The van der Waals surface area contributed by atoms with Crippen molar-refractivity contribution in [2.45, 2.75) is 0 Å². The number of rotatable bonds is 7. The maximum absolute atomic E-state index is 11.9. The molecular formula is C20H16BrN3O6. The van der Waals surface area contributed by atoms with Gasteiger partial charge in [-0.1, -0.05) is 42.5 Å². The normalized spacial score (nSPS) is 10.3. The van der Waals surface area contributed by atoms with Crippen LogP contribution in [0.5, 0.6) is 11.5 Å². The lowest BCUT2D eigenvalue weighted by Crippen LogP contribution is -2.45. The summed E-state index contributed by atoms with van der Waals surface area (Å²) >= 11 is 3.46. The van der Waals surface area contributed by atoms with Crippen LogP contribution in [0.1, 0.15) is 0 Å². The quantitative estimate of drug-likeness (QED) is 0.401. The van der Waals surface area contributed by atoms with Gasteiger partial charge < -0.3 is 9.47 Å². The highest BCUT2D eigenvalue weighted by molar-refractivity contribution is 9.10. The molecule has 3 aromatic carbocycles. The molecule has 0 aliphatic carbocycles. The lowest BCUT2D eigenvalue weighted by atomic mass is 10.1. The SMILES string of the molecule is O=C(COc1ccccc1[N+](=O)[O-])NNC(=O)COc1ccc2ccccc2c1Br. The van der Waals surface area contributed by atoms with Crippen molar-refractivity contribution in [3.8, 4) is 11.5 Å². The van der Waals surface area contributed by atoms with E-state index in [9.17, 15) is 19.7 Å². The third kappa shape index (κ3) is 5.23. The summed E-state index contributed by atoms with van der Waals surface area (Å²) < 4.78 is 11.3. The van der Waals surface area contributed by atoms with Gasteiger partial charge in [-0.25, -0.2) is 0 Å². The molecule has 0 aromatic heterocycles. The molecular weight excluding hydrogens is 458 g/mol. The van der Waals surface area contributed by atoms with E-state index in [1.54, 1.807) is 12.1 Å². The number of nitro groups is 1. The highest BCUT2D eigenvalue weighted by Gasteiger charge is 2.15. The molecule has 10 heteroatoms. The van der Waals surface area contributed by atoms with E-state index in [4.69, 9.17) is 9.47 Å². The van der Waals surface area contributed by atoms with Gasteiger partial charge in [-0.3, -0.25) is 30.6 Å². The van der Waals surface area contributed by atoms with Crippen LogP contribution in [-0.2, 0) is 9.59 Å². The zero-order valence-corrected chi connectivity index (χ0v) is 17.0. The van der Waals surface area contributed by atoms with E-state index >= 15 is 0 Å². The predicted molar refractivity (Wildman–Crippen MR) is 112 cm³/mol. The molecule has 0 atom stereocenters. The minimum atomic E-state index is -0.687. The number of halogens is 1. The predicted octanol–water partition coefficient (Wildman–Crippen LogP) is 3.12. The molecule has 3 aromatic rings. The van der Waals surface area contributed by atoms with E-state index in [-0.39, 0.29) is 18.0 Å². The molecule has 0 aliphatic rings. The monoisotopic (exact) mass is 473 g/mol. The van der Waals surface area contributed by atoms with Crippen molar-refractivity contribution in [1.29, 1.82) is 0 Å². The first-order valence-electron chi connectivity index (χ1n) is 8.69. The first-order valence-corrected chi connectivity index (χ1v) is 9.49. The van der Waals surface area contributed by atoms with Gasteiger partial charge in [0.05, 0.1) is 9.40 Å². The number of benzene rings is 3. The van der Waals surface area contributed by atoms with Gasteiger partial charge in [0.2, 0.25) is 0 Å². The second-order valence-electron chi connectivity index (χ2n) is 6.00. The number of carbonyl (C=O) groups excluding carboxylic acids is 2. The fraction of sp³-hybridized carbons (Fsp3) is 0.100. The Hall–Kier alpha value is -3.66. The number of fused-ring (bicyclic) bond motifs is 1. The number of nitro benzene ring substituents is 1. The van der Waals surface area contributed by atoms with Gasteiger partial charge in [0.25, 0.3) is 11.8 Å². The Kier molecular flexibility index (Phi) is 6.81. The second kappa shape index (κ2) is 9.70. The molecule has 3 rings (SSSR count). The molecule has 0 unspecified atom stereocenters. The maximum atomic E-state index is 11.9. The summed E-state index contributed by atoms with van der Waals surface area (Å²) in [7, 11) is 0. The Bertz CT molecular complexity index is 1100. The van der Waals surface area contributed by atoms with Gasteiger partial charge >= 0.3 is 5.69 Å². The van der Waals surface area contributed by atoms with Crippen molar-refractivity contribution in [3.05, 3.63) is 75.3 Å². The lowest BCUT2D eigenvalue weighted by Gasteiger charge is -2.11. The van der Waals surface area contributed by atoms with E-state index in [1.165, 1.54) is 18.2 Å². The number of carbonyl (C=O) groups is 2. The first kappa shape index (κ1) is 21.1. The van der Waals surface area contributed by atoms with Crippen molar-refractivity contribution in [2.24, 2.45) is 0 Å². The number of ether oxygens (including phenoxy) is 2. The Morgan fingerprint density at radius 1 is 0.867 bits per heavy atom. The number of nitrogens with one attached hydrogen (secondary N) is 2. The second-order valence-corrected chi connectivity index (χ2v) is 6.79. The van der Waals surface area contributed by atoms with Crippen LogP contribution in [0, 0.1) is 10.1 Å². The average molecular weight is 474 g/mol. The van der Waals surface area contributed by atoms with Gasteiger partial charge in [-0.05, 0) is 38.8 Å². The standard InChI is InChI=1S/C20H16BrN3O6/c21-20-14-6-2-1-5-13(14)9-10-17(20)30-12-19(26)23-22-18(25)11-29-16-8-4-3-7-15(16)24(27)28/h1-10H,11-12H2,(H,22,25)(H,23,26). The zero-order chi connectivity index (χ0) is 21.5. The van der Waals surface area contributed by atoms with Crippen molar-refractivity contribution in [1.82, 2.24) is 10.9 Å². The van der Waals surface area contributed by atoms with Gasteiger partial charge in [0.15, 0.2) is 19.0 Å². The molecule has 0 spiro atoms. The number of amides is 2. The third-order valence-corrected chi connectivity index (χ3v) is 4.77. The fourth-order valence-corrected chi connectivity index (χ4v) is 3.16. The number of nitrogens with zero attached hydrogens (tertiary/aromatic N) is 1. The zero-order valence-electron chi connectivity index (χ0n) is 15.5. The molecule has 154 valence electrons. The summed E-state index contributed by atoms with van der Waals surface area (Å²) in [4.78, 5) is 34.0. The number of hydrogen-bond donors (Lipinski definition) is 2. The summed E-state index contributed by atoms with van der Waals surface area (Å²) in [6.45, 7) is -0.843. The van der Waals surface area contributed by atoms with Crippen LogP contribution in [-0.4, -0.2) is 30.0 Å². The summed E-state index contributed by atoms with van der Waals surface area (Å²) in [5.41, 5.74) is 4.09. The van der Waals surface area contributed by atoms with Crippen LogP contribution in [0.3, 0.4) is 0 Å². The highest BCUT2D eigenvalue weighted by Crippen LogP contribution is 2.33. The lowest BCUT2D eigenvalue weighted by molar-refractivity contribution is -0.385. The molecule has 0 saturated carbocycles. The van der Waals surface area contributed by atoms with Crippen molar-refractivity contribution >= 4 is 44.2 Å². The summed E-state index contributed by atoms with van der Waals surface area (Å²) in [6, 6.07) is 17.0. The number of para-hydroxylation sites is 2. The molecule has 9 nitrogen and oxygen atoms in total. The van der Waals surface area contributed by atoms with Crippen LogP contribution in [0.2, 0.25) is 0 Å². The molecule has 0 heterocycles. The van der Waals surface area contributed by atoms with Crippen molar-refractivity contribution < 1.29 is 24.0 Å². The van der Waals surface area contributed by atoms with Crippen LogP contribution < -0.4 is 20.3 Å². The van der Waals surface area contributed by atoms with Gasteiger partial charge in [-0.15, -0.1) is 0 Å².